The van der Waals surface area contributed by atoms with Crippen LogP contribution in [0.4, 0.5) is 0 Å². The molecule has 4 heteroatoms. The lowest BCUT2D eigenvalue weighted by atomic mass is 10.1. The Morgan fingerprint density at radius 3 is 2.52 bits per heavy atom. The first kappa shape index (κ1) is 18.6. The van der Waals surface area contributed by atoms with E-state index in [1.807, 2.05) is 0 Å². The van der Waals surface area contributed by atoms with Gasteiger partial charge in [-0.05, 0) is 65.0 Å². The van der Waals surface area contributed by atoms with Crippen LogP contribution in [-0.2, 0) is 17.9 Å². The minimum absolute atomic E-state index is 0.140. The lowest BCUT2D eigenvalue weighted by molar-refractivity contribution is 0.112. The number of hydrogen-bond acceptors (Lipinski definition) is 3. The fourth-order valence-corrected chi connectivity index (χ4v) is 2.39. The molecule has 0 heterocycles. The maximum Gasteiger partial charge on any atom is 0.0727 e. The summed E-state index contributed by atoms with van der Waals surface area (Å²) in [6.07, 6.45) is 1.07. The Morgan fingerprint density at radius 2 is 1.95 bits per heavy atom. The smallest absolute Gasteiger partial charge is 0.0727 e. The van der Waals surface area contributed by atoms with Crippen molar-refractivity contribution in [2.24, 2.45) is 0 Å². The van der Waals surface area contributed by atoms with Crippen LogP contribution < -0.4 is 5.32 Å². The molecule has 1 aromatic rings. The van der Waals surface area contributed by atoms with E-state index in [-0.39, 0.29) is 5.54 Å². The zero-order valence-corrected chi connectivity index (χ0v) is 15.6. The van der Waals surface area contributed by atoms with Gasteiger partial charge in [-0.15, -0.1) is 0 Å². The maximum atomic E-state index is 5.73. The highest BCUT2D eigenvalue weighted by Gasteiger charge is 2.09. The lowest BCUT2D eigenvalue weighted by Gasteiger charge is -2.20. The van der Waals surface area contributed by atoms with Crippen molar-refractivity contribution in [1.82, 2.24) is 10.2 Å². The summed E-state index contributed by atoms with van der Waals surface area (Å²) in [5, 5.41) is 3.50. The molecule has 0 unspecified atom stereocenters. The van der Waals surface area contributed by atoms with E-state index < -0.39 is 0 Å². The van der Waals surface area contributed by atoms with E-state index in [9.17, 15) is 0 Å². The SMILES string of the molecule is CN(C)CCCOCc1ccc(CNC(C)(C)C)cc1Br. The second-order valence-corrected chi connectivity index (χ2v) is 7.59. The summed E-state index contributed by atoms with van der Waals surface area (Å²) in [5.41, 5.74) is 2.63. The topological polar surface area (TPSA) is 24.5 Å². The van der Waals surface area contributed by atoms with Crippen LogP contribution in [0.5, 0.6) is 0 Å². The number of hydrogen-bond donors (Lipinski definition) is 1. The summed E-state index contributed by atoms with van der Waals surface area (Å²) >= 11 is 3.64. The highest BCUT2D eigenvalue weighted by Crippen LogP contribution is 2.20. The standard InChI is InChI=1S/C17H29BrN2O/c1-17(2,3)19-12-14-7-8-15(16(18)11-14)13-21-10-6-9-20(4)5/h7-8,11,19H,6,9-10,12-13H2,1-5H3. The van der Waals surface area contributed by atoms with Gasteiger partial charge < -0.3 is 15.0 Å². The molecule has 0 aliphatic heterocycles. The molecule has 0 aliphatic carbocycles. The molecule has 0 aromatic heterocycles. The highest BCUT2D eigenvalue weighted by molar-refractivity contribution is 9.10. The summed E-state index contributed by atoms with van der Waals surface area (Å²) in [6.45, 7) is 9.96. The van der Waals surface area contributed by atoms with Crippen LogP contribution in [0.15, 0.2) is 22.7 Å². The number of ether oxygens (including phenoxy) is 1. The van der Waals surface area contributed by atoms with E-state index in [0.717, 1.165) is 30.6 Å². The second-order valence-electron chi connectivity index (χ2n) is 6.74. The third-order valence-electron chi connectivity index (χ3n) is 3.09. The summed E-state index contributed by atoms with van der Waals surface area (Å²) in [6, 6.07) is 6.50. The molecule has 0 fully saturated rings. The Balaban J connectivity index is 2.40. The van der Waals surface area contributed by atoms with Crippen LogP contribution in [0.3, 0.4) is 0 Å². The van der Waals surface area contributed by atoms with Crippen molar-refractivity contribution in [2.75, 3.05) is 27.2 Å². The zero-order chi connectivity index (χ0) is 15.9. The van der Waals surface area contributed by atoms with Gasteiger partial charge in [-0.1, -0.05) is 28.1 Å². The van der Waals surface area contributed by atoms with Gasteiger partial charge in [-0.25, -0.2) is 0 Å². The van der Waals surface area contributed by atoms with Crippen molar-refractivity contribution < 1.29 is 4.74 Å². The number of benzene rings is 1. The zero-order valence-electron chi connectivity index (χ0n) is 14.0. The Hall–Kier alpha value is -0.420. The maximum absolute atomic E-state index is 5.73. The second kappa shape index (κ2) is 8.89. The van der Waals surface area contributed by atoms with Gasteiger partial charge in [0.15, 0.2) is 0 Å². The highest BCUT2D eigenvalue weighted by atomic mass is 79.9. The first-order chi connectivity index (χ1) is 9.78. The van der Waals surface area contributed by atoms with Crippen LogP contribution in [-0.4, -0.2) is 37.7 Å². The molecule has 0 spiro atoms. The average molecular weight is 357 g/mol. The quantitative estimate of drug-likeness (QED) is 0.716. The lowest BCUT2D eigenvalue weighted by Crippen LogP contribution is -2.35. The van der Waals surface area contributed by atoms with Crippen LogP contribution >= 0.6 is 15.9 Å². The van der Waals surface area contributed by atoms with Gasteiger partial charge in [0, 0.05) is 23.2 Å². The van der Waals surface area contributed by atoms with Crippen molar-refractivity contribution in [1.29, 1.82) is 0 Å². The van der Waals surface area contributed by atoms with Gasteiger partial charge in [0.25, 0.3) is 0 Å². The molecule has 0 bridgehead atoms. The van der Waals surface area contributed by atoms with E-state index in [1.54, 1.807) is 0 Å². The van der Waals surface area contributed by atoms with Crippen molar-refractivity contribution >= 4 is 15.9 Å². The molecule has 3 nitrogen and oxygen atoms in total. The molecule has 1 rings (SSSR count). The van der Waals surface area contributed by atoms with Crippen molar-refractivity contribution in [3.8, 4) is 0 Å². The van der Waals surface area contributed by atoms with Crippen LogP contribution in [0.1, 0.15) is 38.3 Å². The normalized spacial score (nSPS) is 12.1. The number of halogens is 1. The van der Waals surface area contributed by atoms with Crippen molar-refractivity contribution in [3.05, 3.63) is 33.8 Å². The first-order valence-corrected chi connectivity index (χ1v) is 8.32. The Kier molecular flexibility index (Phi) is 7.88. The predicted octanol–water partition coefficient (Wildman–Crippen LogP) is 3.81. The van der Waals surface area contributed by atoms with E-state index in [1.165, 1.54) is 11.1 Å². The monoisotopic (exact) mass is 356 g/mol. The van der Waals surface area contributed by atoms with Gasteiger partial charge in [0.1, 0.15) is 0 Å². The fourth-order valence-electron chi connectivity index (χ4n) is 1.85. The summed E-state index contributed by atoms with van der Waals surface area (Å²) in [7, 11) is 4.17. The number of rotatable bonds is 8. The Labute approximate surface area is 138 Å². The molecule has 21 heavy (non-hydrogen) atoms. The van der Waals surface area contributed by atoms with Gasteiger partial charge in [0.05, 0.1) is 6.61 Å². The van der Waals surface area contributed by atoms with Crippen molar-refractivity contribution in [3.63, 3.8) is 0 Å². The minimum atomic E-state index is 0.140. The van der Waals surface area contributed by atoms with Crippen LogP contribution in [0, 0.1) is 0 Å². The van der Waals surface area contributed by atoms with Crippen LogP contribution in [0.25, 0.3) is 0 Å². The van der Waals surface area contributed by atoms with Crippen LogP contribution in [0.2, 0.25) is 0 Å². The molecule has 120 valence electrons. The van der Waals surface area contributed by atoms with Gasteiger partial charge in [-0.3, -0.25) is 0 Å². The average Bonchev–Trinajstić information content (AvgIpc) is 2.37. The van der Waals surface area contributed by atoms with E-state index in [2.05, 4.69) is 79.2 Å². The van der Waals surface area contributed by atoms with Gasteiger partial charge >= 0.3 is 0 Å². The number of nitrogens with zero attached hydrogens (tertiary/aromatic N) is 1. The molecule has 1 aromatic carbocycles. The molecular formula is C17H29BrN2O. The molecule has 0 saturated carbocycles. The van der Waals surface area contributed by atoms with Crippen molar-refractivity contribution in [2.45, 2.75) is 45.9 Å². The third kappa shape index (κ3) is 8.57. The third-order valence-corrected chi connectivity index (χ3v) is 3.83. The summed E-state index contributed by atoms with van der Waals surface area (Å²) in [4.78, 5) is 2.18. The molecule has 0 amide bonds. The molecule has 0 aliphatic rings. The molecule has 0 atom stereocenters. The molecule has 0 saturated heterocycles. The Morgan fingerprint density at radius 1 is 1.24 bits per heavy atom. The predicted molar refractivity (Wildman–Crippen MR) is 93.6 cm³/mol. The first-order valence-electron chi connectivity index (χ1n) is 7.53. The number of nitrogens with one attached hydrogen (secondary N) is 1. The minimum Gasteiger partial charge on any atom is -0.377 e. The molecule has 1 N–H and O–H groups in total. The van der Waals surface area contributed by atoms with E-state index in [0.29, 0.717) is 6.61 Å². The molecule has 0 radical (unpaired) electrons. The Bertz CT molecular complexity index is 427. The summed E-state index contributed by atoms with van der Waals surface area (Å²) in [5.74, 6) is 0. The fraction of sp³-hybridized carbons (Fsp3) is 0.647. The van der Waals surface area contributed by atoms with E-state index >= 15 is 0 Å². The van der Waals surface area contributed by atoms with Gasteiger partial charge in [0.2, 0.25) is 0 Å². The van der Waals surface area contributed by atoms with E-state index in [4.69, 9.17) is 4.74 Å². The largest absolute Gasteiger partial charge is 0.377 e. The van der Waals surface area contributed by atoms with Gasteiger partial charge in [-0.2, -0.15) is 0 Å². The summed E-state index contributed by atoms with van der Waals surface area (Å²) < 4.78 is 6.86. The molecular weight excluding hydrogens is 328 g/mol.